The van der Waals surface area contributed by atoms with Gasteiger partial charge in [-0.1, -0.05) is 6.07 Å². The van der Waals surface area contributed by atoms with Gasteiger partial charge in [-0.25, -0.2) is 13.0 Å². The third-order valence-electron chi connectivity index (χ3n) is 5.58. The normalized spacial score (nSPS) is 20.7. The number of nitrogens with zero attached hydrogens (tertiary/aromatic N) is 2. The Morgan fingerprint density at radius 3 is 2.82 bits per heavy atom. The summed E-state index contributed by atoms with van der Waals surface area (Å²) in [4.78, 5) is 39.7. The number of carbonyl (C=O) groups is 2. The van der Waals surface area contributed by atoms with Crippen molar-refractivity contribution in [3.05, 3.63) is 63.1 Å². The number of halogens is 2. The van der Waals surface area contributed by atoms with Gasteiger partial charge < -0.3 is 19.9 Å². The van der Waals surface area contributed by atoms with E-state index in [1.54, 1.807) is 0 Å². The molecule has 1 fully saturated rings. The van der Waals surface area contributed by atoms with Crippen molar-refractivity contribution in [1.82, 2.24) is 14.8 Å². The van der Waals surface area contributed by atoms with Gasteiger partial charge in [0.05, 0.1) is 6.54 Å². The second-order valence-electron chi connectivity index (χ2n) is 7.78. The van der Waals surface area contributed by atoms with Crippen LogP contribution in [0.1, 0.15) is 32.5 Å². The Hall–Kier alpha value is -3.16. The summed E-state index contributed by atoms with van der Waals surface area (Å²) < 4.78 is 45.1. The van der Waals surface area contributed by atoms with Gasteiger partial charge in [-0.3, -0.25) is 14.4 Å². The molecule has 0 radical (unpaired) electrons. The van der Waals surface area contributed by atoms with Crippen molar-refractivity contribution in [1.29, 1.82) is 0 Å². The maximum atomic E-state index is 13.8. The first-order chi connectivity index (χ1) is 15.7. The summed E-state index contributed by atoms with van der Waals surface area (Å²) in [6, 6.07) is 2.40. The zero-order chi connectivity index (χ0) is 23.9. The number of aromatic hydroxyl groups is 1. The molecule has 4 rings (SSSR count). The molecule has 176 valence electrons. The number of carbonyl (C=O) groups excluding carboxylic acids is 2. The predicted octanol–water partition coefficient (Wildman–Crippen LogP) is -1.12. The molecule has 3 unspecified atom stereocenters. The van der Waals surface area contributed by atoms with Crippen molar-refractivity contribution in [2.45, 2.75) is 12.6 Å². The van der Waals surface area contributed by atoms with Crippen LogP contribution >= 0.6 is 0 Å². The molecule has 0 spiro atoms. The number of hydroxylamine groups is 2. The molecule has 3 N–H and O–H groups in total. The standard InChI is InChI=1S/C20H20F2N4O6S/c1-33(31)32-25-5-4-24-8-13(9-25)26-10-14(17(27)18(28)16(26)20(24)30)19(29)23-7-11-2-3-12(21)6-15(11)22/h2-3,6,10,13,28H,4-5,7-9H2,1H3,(H,23,29)/p+1. The molecule has 1 aromatic carbocycles. The maximum Gasteiger partial charge on any atom is 0.274 e. The largest absolute Gasteiger partial charge is 0.503 e. The van der Waals surface area contributed by atoms with E-state index in [2.05, 4.69) is 5.32 Å². The van der Waals surface area contributed by atoms with Crippen LogP contribution in [0.25, 0.3) is 0 Å². The minimum absolute atomic E-state index is 0.00517. The first-order valence-electron chi connectivity index (χ1n) is 10.0. The maximum absolute atomic E-state index is 13.8. The number of rotatable bonds is 5. The van der Waals surface area contributed by atoms with E-state index in [9.17, 15) is 32.5 Å². The van der Waals surface area contributed by atoms with Crippen LogP contribution in [0.4, 0.5) is 8.78 Å². The average molecular weight is 483 g/mol. The first kappa shape index (κ1) is 23.0. The van der Waals surface area contributed by atoms with E-state index < -0.39 is 57.3 Å². The molecule has 10 nitrogen and oxygen atoms in total. The molecular formula is C20H21F2N4O6S+. The Labute approximate surface area is 189 Å². The number of pyridine rings is 1. The van der Waals surface area contributed by atoms with Gasteiger partial charge in [0.15, 0.2) is 11.4 Å². The van der Waals surface area contributed by atoms with Gasteiger partial charge in [0.1, 0.15) is 36.3 Å². The Morgan fingerprint density at radius 2 is 2.12 bits per heavy atom. The minimum atomic E-state index is -1.56. The van der Waals surface area contributed by atoms with Gasteiger partial charge in [0.2, 0.25) is 16.5 Å². The fourth-order valence-electron chi connectivity index (χ4n) is 4.01. The van der Waals surface area contributed by atoms with Gasteiger partial charge in [-0.2, -0.15) is 5.06 Å². The van der Waals surface area contributed by atoms with E-state index >= 15 is 0 Å². The molecule has 2 aromatic rings. The topological polar surface area (TPSA) is 122 Å². The highest BCUT2D eigenvalue weighted by Gasteiger charge is 2.40. The fourth-order valence-corrected chi connectivity index (χ4v) is 4.50. The molecule has 13 heteroatoms. The number of quaternary nitrogens is 1. The van der Waals surface area contributed by atoms with E-state index in [1.807, 2.05) is 0 Å². The molecule has 0 saturated carbocycles. The van der Waals surface area contributed by atoms with Crippen LogP contribution in [0.15, 0.2) is 29.2 Å². The minimum Gasteiger partial charge on any atom is -0.503 e. The Kier molecular flexibility index (Phi) is 6.28. The molecule has 0 aliphatic carbocycles. The first-order valence-corrected chi connectivity index (χ1v) is 11.5. The van der Waals surface area contributed by atoms with E-state index in [1.165, 1.54) is 21.9 Å². The van der Waals surface area contributed by atoms with Crippen molar-refractivity contribution >= 4 is 22.9 Å². The van der Waals surface area contributed by atoms with E-state index in [0.717, 1.165) is 12.1 Å². The van der Waals surface area contributed by atoms with Crippen LogP contribution in [-0.4, -0.2) is 63.0 Å². The Morgan fingerprint density at radius 1 is 1.36 bits per heavy atom. The summed E-state index contributed by atoms with van der Waals surface area (Å²) in [5.74, 6) is -3.96. The molecule has 2 aliphatic rings. The monoisotopic (exact) mass is 483 g/mol. The van der Waals surface area contributed by atoms with Crippen LogP contribution in [0.2, 0.25) is 0 Å². The van der Waals surface area contributed by atoms with Crippen molar-refractivity contribution < 1.29 is 37.0 Å². The lowest BCUT2D eigenvalue weighted by Crippen LogP contribution is -3.12. The number of benzene rings is 1. The lowest BCUT2D eigenvalue weighted by atomic mass is 10.1. The SMILES string of the molecule is CS(=O)O[NH+]1CCN2CC(C1)n1cc(C(=O)NCc3ccc(F)cc3F)c(=O)c(O)c1C2=O. The van der Waals surface area contributed by atoms with Crippen molar-refractivity contribution in [3.8, 4) is 5.75 Å². The molecule has 3 atom stereocenters. The highest BCUT2D eigenvalue weighted by atomic mass is 32.2. The van der Waals surface area contributed by atoms with Crippen molar-refractivity contribution in [2.75, 3.05) is 32.4 Å². The zero-order valence-electron chi connectivity index (χ0n) is 17.5. The third-order valence-corrected chi connectivity index (χ3v) is 6.05. The highest BCUT2D eigenvalue weighted by molar-refractivity contribution is 7.79. The number of amides is 2. The second kappa shape index (κ2) is 9.00. The fraction of sp³-hybridized carbons (Fsp3) is 0.350. The summed E-state index contributed by atoms with van der Waals surface area (Å²) in [5, 5.41) is 13.4. The van der Waals surface area contributed by atoms with Crippen molar-refractivity contribution in [2.24, 2.45) is 0 Å². The summed E-state index contributed by atoms with van der Waals surface area (Å²) in [5.41, 5.74) is -1.71. The quantitative estimate of drug-likeness (QED) is 0.496. The molecule has 2 aliphatic heterocycles. The molecule has 3 heterocycles. The third kappa shape index (κ3) is 4.51. The Bertz CT molecular complexity index is 1220. The zero-order valence-corrected chi connectivity index (χ0v) is 18.3. The summed E-state index contributed by atoms with van der Waals surface area (Å²) in [6.45, 7) is 0.801. The van der Waals surface area contributed by atoms with Crippen LogP contribution < -0.4 is 15.8 Å². The second-order valence-corrected chi connectivity index (χ2v) is 8.75. The van der Waals surface area contributed by atoms with Gasteiger partial charge in [-0.05, 0) is 6.07 Å². The average Bonchev–Trinajstić information content (AvgIpc) is 2.93. The van der Waals surface area contributed by atoms with Crippen molar-refractivity contribution in [3.63, 3.8) is 0 Å². The molecule has 1 saturated heterocycles. The van der Waals surface area contributed by atoms with Crippen LogP contribution in [0, 0.1) is 11.6 Å². The van der Waals surface area contributed by atoms with Crippen LogP contribution in [0.3, 0.4) is 0 Å². The molecule has 2 bridgehead atoms. The summed E-state index contributed by atoms with van der Waals surface area (Å²) in [7, 11) is 0. The van der Waals surface area contributed by atoms with E-state index in [0.29, 0.717) is 17.7 Å². The van der Waals surface area contributed by atoms with Gasteiger partial charge in [0.25, 0.3) is 11.8 Å². The number of nitrogens with one attached hydrogen (secondary N) is 2. The molecular weight excluding hydrogens is 462 g/mol. The van der Waals surface area contributed by atoms with E-state index in [4.69, 9.17) is 4.28 Å². The lowest BCUT2D eigenvalue weighted by molar-refractivity contribution is -1.06. The predicted molar refractivity (Wildman–Crippen MR) is 111 cm³/mol. The lowest BCUT2D eigenvalue weighted by Gasteiger charge is -2.32. The Balaban J connectivity index is 1.65. The van der Waals surface area contributed by atoms with Gasteiger partial charge >= 0.3 is 0 Å². The molecule has 33 heavy (non-hydrogen) atoms. The molecule has 2 amide bonds. The van der Waals surface area contributed by atoms with Gasteiger partial charge in [0, 0.05) is 37.2 Å². The summed E-state index contributed by atoms with van der Waals surface area (Å²) >= 11 is -1.56. The highest BCUT2D eigenvalue weighted by Crippen LogP contribution is 2.26. The number of hydrogen-bond donors (Lipinski definition) is 3. The van der Waals surface area contributed by atoms with E-state index in [-0.39, 0.29) is 37.4 Å². The number of aromatic nitrogens is 1. The van der Waals surface area contributed by atoms with Crippen LogP contribution in [-0.2, 0) is 21.9 Å². The van der Waals surface area contributed by atoms with Gasteiger partial charge in [-0.15, -0.1) is 4.28 Å². The number of hydrogen-bond acceptors (Lipinski definition) is 6. The smallest absolute Gasteiger partial charge is 0.274 e. The summed E-state index contributed by atoms with van der Waals surface area (Å²) in [6.07, 6.45) is 2.55. The van der Waals surface area contributed by atoms with Crippen LogP contribution in [0.5, 0.6) is 5.75 Å². The molecule has 1 aromatic heterocycles. The number of fused-ring (bicyclic) bond motifs is 4.